The lowest BCUT2D eigenvalue weighted by atomic mass is 9.92. The van der Waals surface area contributed by atoms with Crippen LogP contribution in [0.5, 0.6) is 5.75 Å². The van der Waals surface area contributed by atoms with E-state index in [2.05, 4.69) is 25.9 Å². The monoisotopic (exact) mass is 468 g/mol. The second kappa shape index (κ2) is 8.97. The molecule has 2 amide bonds. The zero-order chi connectivity index (χ0) is 24.4. The average Bonchev–Trinajstić information content (AvgIpc) is 2.79. The fourth-order valence-electron chi connectivity index (χ4n) is 3.44. The first-order valence-corrected chi connectivity index (χ1v) is 9.85. The minimum absolute atomic E-state index is 0.0197. The third-order valence-electron chi connectivity index (χ3n) is 5.03. The summed E-state index contributed by atoms with van der Waals surface area (Å²) in [6, 6.07) is 8.90. The highest BCUT2D eigenvalue weighted by molar-refractivity contribution is 6.05. The lowest BCUT2D eigenvalue weighted by molar-refractivity contribution is -0.384. The van der Waals surface area contributed by atoms with Gasteiger partial charge in [0.05, 0.1) is 35.3 Å². The van der Waals surface area contributed by atoms with E-state index in [1.165, 1.54) is 43.5 Å². The van der Waals surface area contributed by atoms with Crippen LogP contribution in [-0.4, -0.2) is 33.8 Å². The highest BCUT2D eigenvalue weighted by Crippen LogP contribution is 2.33. The second-order valence-electron chi connectivity index (χ2n) is 7.24. The van der Waals surface area contributed by atoms with E-state index in [0.717, 1.165) is 6.07 Å². The molecule has 0 fully saturated rings. The van der Waals surface area contributed by atoms with Gasteiger partial charge in [-0.15, -0.1) is 0 Å². The van der Waals surface area contributed by atoms with Gasteiger partial charge in [0.1, 0.15) is 17.4 Å². The van der Waals surface area contributed by atoms with Gasteiger partial charge in [0.15, 0.2) is 0 Å². The van der Waals surface area contributed by atoms with Gasteiger partial charge in [0.2, 0.25) is 17.8 Å². The van der Waals surface area contributed by atoms with Crippen LogP contribution in [-0.2, 0) is 9.59 Å². The molecule has 0 bridgehead atoms. The van der Waals surface area contributed by atoms with Crippen molar-refractivity contribution in [2.75, 3.05) is 23.1 Å². The summed E-state index contributed by atoms with van der Waals surface area (Å²) in [5.41, 5.74) is -0.386. The molecule has 12 nitrogen and oxygen atoms in total. The number of benzene rings is 2. The largest absolute Gasteiger partial charge is 0.494 e. The van der Waals surface area contributed by atoms with Gasteiger partial charge in [-0.2, -0.15) is 4.98 Å². The van der Waals surface area contributed by atoms with Crippen molar-refractivity contribution in [3.05, 3.63) is 74.3 Å². The Labute approximate surface area is 190 Å². The second-order valence-corrected chi connectivity index (χ2v) is 7.24. The molecule has 13 heteroatoms. The van der Waals surface area contributed by atoms with E-state index in [-0.39, 0.29) is 40.9 Å². The van der Waals surface area contributed by atoms with Gasteiger partial charge < -0.3 is 20.7 Å². The number of nitro benzene ring substituents is 1. The molecule has 3 aromatic rings. The fraction of sp³-hybridized carbons (Fsp3) is 0.143. The third-order valence-corrected chi connectivity index (χ3v) is 5.03. The third kappa shape index (κ3) is 4.53. The zero-order valence-electron chi connectivity index (χ0n) is 17.5. The van der Waals surface area contributed by atoms with Crippen LogP contribution in [0.4, 0.5) is 33.2 Å². The summed E-state index contributed by atoms with van der Waals surface area (Å²) in [5, 5.41) is 18.8. The number of fused-ring (bicyclic) bond motifs is 1. The number of aromatic amines is 1. The number of nitro groups is 1. The van der Waals surface area contributed by atoms with Crippen molar-refractivity contribution < 1.29 is 23.6 Å². The number of hydrogen-bond donors (Lipinski definition) is 4. The molecular formula is C21H17FN6O6. The topological polar surface area (TPSA) is 168 Å². The van der Waals surface area contributed by atoms with Crippen molar-refractivity contribution in [2.45, 2.75) is 12.3 Å². The number of rotatable bonds is 6. The van der Waals surface area contributed by atoms with E-state index in [1.54, 1.807) is 0 Å². The van der Waals surface area contributed by atoms with Crippen LogP contribution in [0.2, 0.25) is 0 Å². The highest BCUT2D eigenvalue weighted by atomic mass is 19.1. The minimum Gasteiger partial charge on any atom is -0.494 e. The predicted octanol–water partition coefficient (Wildman–Crippen LogP) is 2.63. The number of hydrogen-bond acceptors (Lipinski definition) is 8. The summed E-state index contributed by atoms with van der Waals surface area (Å²) in [6.07, 6.45) is -0.316. The molecule has 34 heavy (non-hydrogen) atoms. The first kappa shape index (κ1) is 22.4. The Bertz CT molecular complexity index is 1360. The molecule has 1 aromatic heterocycles. The molecule has 0 radical (unpaired) electrons. The van der Waals surface area contributed by atoms with Crippen LogP contribution >= 0.6 is 0 Å². The number of H-pyrrole nitrogens is 1. The Morgan fingerprint density at radius 3 is 2.65 bits per heavy atom. The van der Waals surface area contributed by atoms with Crippen LogP contribution in [0.3, 0.4) is 0 Å². The molecule has 2 heterocycles. The molecular weight excluding hydrogens is 451 g/mol. The minimum atomic E-state index is -1.18. The summed E-state index contributed by atoms with van der Waals surface area (Å²) in [4.78, 5) is 55.1. The normalized spacial score (nSPS) is 14.5. The molecule has 4 N–H and O–H groups in total. The van der Waals surface area contributed by atoms with Crippen LogP contribution in [0.15, 0.2) is 47.3 Å². The predicted molar refractivity (Wildman–Crippen MR) is 119 cm³/mol. The van der Waals surface area contributed by atoms with Gasteiger partial charge in [-0.3, -0.25) is 29.5 Å². The standard InChI is InChI=1S/C21H17FN6O6/c1-34-15-8-12(28(32)33)6-7-14(15)24-19(30)13-9-16(29)25-18-17(13)20(31)27-21(26-18)23-11-4-2-10(22)3-5-11/h2-8,13H,9H2,1H3,(H,24,30)(H3,23,25,26,27,29,31). The summed E-state index contributed by atoms with van der Waals surface area (Å²) < 4.78 is 18.2. The van der Waals surface area contributed by atoms with Gasteiger partial charge in [-0.05, 0) is 30.3 Å². The number of nitrogens with zero attached hydrogens (tertiary/aromatic N) is 2. The zero-order valence-corrected chi connectivity index (χ0v) is 17.5. The Balaban J connectivity index is 1.63. The summed E-state index contributed by atoms with van der Waals surface area (Å²) in [5.74, 6) is -2.94. The number of aromatic nitrogens is 2. The molecule has 1 atom stereocenters. The number of anilines is 4. The van der Waals surface area contributed by atoms with Crippen LogP contribution in [0, 0.1) is 15.9 Å². The van der Waals surface area contributed by atoms with Gasteiger partial charge in [-0.1, -0.05) is 0 Å². The molecule has 0 saturated carbocycles. The van der Waals surface area contributed by atoms with Crippen LogP contribution in [0.25, 0.3) is 0 Å². The molecule has 0 aliphatic carbocycles. The SMILES string of the molecule is COc1cc([N+](=O)[O-])ccc1NC(=O)C1CC(=O)Nc2nc(Nc3ccc(F)cc3)[nH]c(=O)c21. The quantitative estimate of drug-likeness (QED) is 0.316. The smallest absolute Gasteiger partial charge is 0.273 e. The molecule has 1 aliphatic heterocycles. The summed E-state index contributed by atoms with van der Waals surface area (Å²) in [7, 11) is 1.28. The van der Waals surface area contributed by atoms with Gasteiger partial charge in [-0.25, -0.2) is 4.39 Å². The lowest BCUT2D eigenvalue weighted by Gasteiger charge is -2.24. The molecule has 1 aliphatic rings. The van der Waals surface area contributed by atoms with E-state index in [9.17, 15) is 28.9 Å². The van der Waals surface area contributed by atoms with Crippen molar-refractivity contribution in [1.82, 2.24) is 9.97 Å². The van der Waals surface area contributed by atoms with E-state index in [0.29, 0.717) is 5.69 Å². The number of non-ortho nitro benzene ring substituents is 1. The van der Waals surface area contributed by atoms with Crippen molar-refractivity contribution >= 4 is 40.6 Å². The van der Waals surface area contributed by atoms with Crippen molar-refractivity contribution in [3.8, 4) is 5.75 Å². The Kier molecular flexibility index (Phi) is 5.91. The van der Waals surface area contributed by atoms with E-state index < -0.39 is 34.0 Å². The Morgan fingerprint density at radius 1 is 1.24 bits per heavy atom. The van der Waals surface area contributed by atoms with Gasteiger partial charge >= 0.3 is 0 Å². The number of carbonyl (C=O) groups excluding carboxylic acids is 2. The van der Waals surface area contributed by atoms with Crippen LogP contribution < -0.4 is 26.2 Å². The average molecular weight is 468 g/mol. The molecule has 2 aromatic carbocycles. The number of amides is 2. The van der Waals surface area contributed by atoms with E-state index in [4.69, 9.17) is 4.74 Å². The Hall–Kier alpha value is -4.81. The highest BCUT2D eigenvalue weighted by Gasteiger charge is 2.35. The summed E-state index contributed by atoms with van der Waals surface area (Å²) >= 11 is 0. The molecule has 0 saturated heterocycles. The fourth-order valence-corrected chi connectivity index (χ4v) is 3.44. The first-order valence-electron chi connectivity index (χ1n) is 9.85. The first-order chi connectivity index (χ1) is 16.2. The maximum atomic E-state index is 13.1. The number of halogens is 1. The number of nitrogens with one attached hydrogen (secondary N) is 4. The maximum Gasteiger partial charge on any atom is 0.273 e. The molecule has 4 rings (SSSR count). The molecule has 1 unspecified atom stereocenters. The summed E-state index contributed by atoms with van der Waals surface area (Å²) in [6.45, 7) is 0. The lowest BCUT2D eigenvalue weighted by Crippen LogP contribution is -2.36. The number of methoxy groups -OCH3 is 1. The Morgan fingerprint density at radius 2 is 1.97 bits per heavy atom. The van der Waals surface area contributed by atoms with Gasteiger partial charge in [0.25, 0.3) is 11.2 Å². The molecule has 0 spiro atoms. The van der Waals surface area contributed by atoms with Crippen molar-refractivity contribution in [2.24, 2.45) is 0 Å². The van der Waals surface area contributed by atoms with Gasteiger partial charge in [0, 0.05) is 18.2 Å². The van der Waals surface area contributed by atoms with Crippen molar-refractivity contribution in [3.63, 3.8) is 0 Å². The van der Waals surface area contributed by atoms with E-state index in [1.807, 2.05) is 0 Å². The number of carbonyl (C=O) groups is 2. The van der Waals surface area contributed by atoms with Crippen LogP contribution in [0.1, 0.15) is 17.9 Å². The van der Waals surface area contributed by atoms with E-state index >= 15 is 0 Å². The molecule has 174 valence electrons. The number of ether oxygens (including phenoxy) is 1. The van der Waals surface area contributed by atoms with Crippen molar-refractivity contribution in [1.29, 1.82) is 0 Å². The maximum absolute atomic E-state index is 13.1.